The van der Waals surface area contributed by atoms with Gasteiger partial charge in [-0.1, -0.05) is 5.16 Å². The second kappa shape index (κ2) is 4.64. The van der Waals surface area contributed by atoms with Crippen LogP contribution in [0.1, 0.15) is 24.7 Å². The van der Waals surface area contributed by atoms with Crippen molar-refractivity contribution in [3.05, 3.63) is 40.0 Å². The zero-order valence-corrected chi connectivity index (χ0v) is 10.3. The van der Waals surface area contributed by atoms with Gasteiger partial charge in [-0.2, -0.15) is 4.98 Å². The number of hydrogen-bond acceptors (Lipinski definition) is 6. The second-order valence-corrected chi connectivity index (χ2v) is 4.74. The summed E-state index contributed by atoms with van der Waals surface area (Å²) in [7, 11) is 0. The Hall–Kier alpha value is -2.35. The van der Waals surface area contributed by atoms with Gasteiger partial charge in [0.1, 0.15) is 11.4 Å². The lowest BCUT2D eigenvalue weighted by molar-refractivity contribution is -0.384. The molecular formula is C12H11FN4O3. The van der Waals surface area contributed by atoms with Crippen LogP contribution in [0, 0.1) is 21.8 Å². The van der Waals surface area contributed by atoms with Gasteiger partial charge in [-0.15, -0.1) is 0 Å². The maximum Gasteiger partial charge on any atom is 0.285 e. The van der Waals surface area contributed by atoms with Gasteiger partial charge in [0.05, 0.1) is 17.0 Å². The van der Waals surface area contributed by atoms with Crippen molar-refractivity contribution in [1.82, 2.24) is 10.1 Å². The van der Waals surface area contributed by atoms with Crippen LogP contribution in [-0.2, 0) is 0 Å². The summed E-state index contributed by atoms with van der Waals surface area (Å²) in [6.07, 6.45) is 2.03. The highest BCUT2D eigenvalue weighted by molar-refractivity contribution is 5.66. The molecule has 1 unspecified atom stereocenters. The van der Waals surface area contributed by atoms with E-state index in [2.05, 4.69) is 10.1 Å². The molecule has 1 aromatic carbocycles. The lowest BCUT2D eigenvalue weighted by Gasteiger charge is -2.02. The number of hydrogen-bond donors (Lipinski definition) is 1. The van der Waals surface area contributed by atoms with Crippen molar-refractivity contribution in [1.29, 1.82) is 0 Å². The first-order chi connectivity index (χ1) is 9.56. The lowest BCUT2D eigenvalue weighted by atomic mass is 10.1. The zero-order chi connectivity index (χ0) is 14.3. The fourth-order valence-corrected chi connectivity index (χ4v) is 1.98. The van der Waals surface area contributed by atoms with E-state index in [1.165, 1.54) is 6.07 Å². The molecule has 1 aliphatic carbocycles. The number of nitrogens with two attached hydrogens (primary N) is 1. The molecule has 7 nitrogen and oxygen atoms in total. The minimum atomic E-state index is -0.699. The summed E-state index contributed by atoms with van der Waals surface area (Å²) < 4.78 is 18.1. The van der Waals surface area contributed by atoms with Gasteiger partial charge < -0.3 is 10.3 Å². The average molecular weight is 278 g/mol. The van der Waals surface area contributed by atoms with Crippen LogP contribution in [0.5, 0.6) is 0 Å². The second-order valence-electron chi connectivity index (χ2n) is 4.74. The molecular weight excluding hydrogens is 267 g/mol. The third kappa shape index (κ3) is 2.25. The smallest absolute Gasteiger partial charge is 0.285 e. The molecule has 1 atom stereocenters. The molecule has 1 heterocycles. The third-order valence-electron chi connectivity index (χ3n) is 3.26. The quantitative estimate of drug-likeness (QED) is 0.678. The Morgan fingerprint density at radius 3 is 2.90 bits per heavy atom. The molecule has 1 fully saturated rings. The maximum atomic E-state index is 13.1. The van der Waals surface area contributed by atoms with Crippen molar-refractivity contribution in [2.75, 3.05) is 0 Å². The van der Waals surface area contributed by atoms with Gasteiger partial charge in [0, 0.05) is 0 Å². The summed E-state index contributed by atoms with van der Waals surface area (Å²) in [6, 6.07) is 2.84. The van der Waals surface area contributed by atoms with Crippen LogP contribution < -0.4 is 5.73 Å². The maximum absolute atomic E-state index is 13.1. The summed E-state index contributed by atoms with van der Waals surface area (Å²) in [5, 5.41) is 14.7. The highest BCUT2D eigenvalue weighted by Gasteiger charge is 2.33. The Bertz CT molecular complexity index is 668. The molecule has 0 aliphatic heterocycles. The van der Waals surface area contributed by atoms with Gasteiger partial charge in [-0.05, 0) is 30.9 Å². The molecule has 0 amide bonds. The number of nitrogens with zero attached hydrogens (tertiary/aromatic N) is 3. The van der Waals surface area contributed by atoms with Crippen molar-refractivity contribution < 1.29 is 13.8 Å². The van der Waals surface area contributed by atoms with Crippen LogP contribution in [0.25, 0.3) is 11.5 Å². The first-order valence-electron chi connectivity index (χ1n) is 6.10. The number of nitro groups is 1. The first-order valence-corrected chi connectivity index (χ1v) is 6.10. The number of benzene rings is 1. The molecule has 0 saturated heterocycles. The zero-order valence-electron chi connectivity index (χ0n) is 10.3. The largest absolute Gasteiger partial charge is 0.334 e. The van der Waals surface area contributed by atoms with Gasteiger partial charge in [0.2, 0.25) is 0 Å². The molecule has 1 aromatic heterocycles. The predicted molar refractivity (Wildman–Crippen MR) is 66.0 cm³/mol. The minimum Gasteiger partial charge on any atom is -0.334 e. The number of halogens is 1. The molecule has 3 rings (SSSR count). The van der Waals surface area contributed by atoms with E-state index >= 15 is 0 Å². The van der Waals surface area contributed by atoms with E-state index in [9.17, 15) is 14.5 Å². The Kier molecular flexibility index (Phi) is 2.94. The monoisotopic (exact) mass is 278 g/mol. The molecule has 1 aliphatic rings. The molecule has 0 bridgehead atoms. The van der Waals surface area contributed by atoms with Crippen molar-refractivity contribution in [2.24, 2.45) is 11.7 Å². The third-order valence-corrected chi connectivity index (χ3v) is 3.26. The summed E-state index contributed by atoms with van der Waals surface area (Å²) in [5.41, 5.74) is 5.60. The normalized spacial score (nSPS) is 16.1. The van der Waals surface area contributed by atoms with Gasteiger partial charge in [0.15, 0.2) is 5.82 Å². The fourth-order valence-electron chi connectivity index (χ4n) is 1.98. The minimum absolute atomic E-state index is 0.0252. The molecule has 20 heavy (non-hydrogen) atoms. The van der Waals surface area contributed by atoms with Gasteiger partial charge in [-0.3, -0.25) is 10.1 Å². The van der Waals surface area contributed by atoms with E-state index in [1.807, 2.05) is 0 Å². The molecule has 0 radical (unpaired) electrons. The van der Waals surface area contributed by atoms with E-state index in [-0.39, 0.29) is 17.5 Å². The summed E-state index contributed by atoms with van der Waals surface area (Å²) in [5.74, 6) is -0.0672. The average Bonchev–Trinajstić information content (AvgIpc) is 3.15. The SMILES string of the molecule is NC(c1noc(-c2ccc(F)cc2[N+](=O)[O-])n1)C1CC1. The van der Waals surface area contributed by atoms with Crippen LogP contribution in [0.15, 0.2) is 22.7 Å². The number of aromatic nitrogens is 2. The van der Waals surface area contributed by atoms with E-state index in [0.717, 1.165) is 25.0 Å². The van der Waals surface area contributed by atoms with Crippen LogP contribution in [-0.4, -0.2) is 15.1 Å². The Balaban J connectivity index is 1.98. The standard InChI is InChI=1S/C12H11FN4O3/c13-7-3-4-8(9(5-7)17(18)19)12-15-11(16-20-12)10(14)6-1-2-6/h3-6,10H,1-2,14H2. The predicted octanol–water partition coefficient (Wildman–Crippen LogP) is 2.19. The fraction of sp³-hybridized carbons (Fsp3) is 0.333. The molecule has 104 valence electrons. The molecule has 2 aromatic rings. The lowest BCUT2D eigenvalue weighted by Crippen LogP contribution is -2.13. The van der Waals surface area contributed by atoms with Crippen LogP contribution >= 0.6 is 0 Å². The van der Waals surface area contributed by atoms with Crippen molar-refractivity contribution in [3.8, 4) is 11.5 Å². The number of nitro benzene ring substituents is 1. The molecule has 0 spiro atoms. The Morgan fingerprint density at radius 2 is 2.25 bits per heavy atom. The highest BCUT2D eigenvalue weighted by Crippen LogP contribution is 2.39. The van der Waals surface area contributed by atoms with Crippen molar-refractivity contribution >= 4 is 5.69 Å². The highest BCUT2D eigenvalue weighted by atomic mass is 19.1. The van der Waals surface area contributed by atoms with E-state index in [1.54, 1.807) is 0 Å². The van der Waals surface area contributed by atoms with Crippen LogP contribution in [0.3, 0.4) is 0 Å². The Morgan fingerprint density at radius 1 is 1.50 bits per heavy atom. The number of rotatable bonds is 4. The van der Waals surface area contributed by atoms with E-state index < -0.39 is 16.4 Å². The Labute approximate surface area is 112 Å². The van der Waals surface area contributed by atoms with Gasteiger partial charge in [0.25, 0.3) is 11.6 Å². The summed E-state index contributed by atoms with van der Waals surface area (Å²) in [4.78, 5) is 14.3. The van der Waals surface area contributed by atoms with E-state index in [4.69, 9.17) is 10.3 Å². The van der Waals surface area contributed by atoms with Gasteiger partial charge >= 0.3 is 0 Å². The van der Waals surface area contributed by atoms with E-state index in [0.29, 0.717) is 11.7 Å². The van der Waals surface area contributed by atoms with Gasteiger partial charge in [-0.25, -0.2) is 4.39 Å². The summed E-state index contributed by atoms with van der Waals surface area (Å²) in [6.45, 7) is 0. The topological polar surface area (TPSA) is 108 Å². The molecule has 8 heteroatoms. The van der Waals surface area contributed by atoms with Crippen LogP contribution in [0.4, 0.5) is 10.1 Å². The molecule has 1 saturated carbocycles. The van der Waals surface area contributed by atoms with Crippen molar-refractivity contribution in [3.63, 3.8) is 0 Å². The first kappa shape index (κ1) is 12.7. The molecule has 2 N–H and O–H groups in total. The summed E-state index contributed by atoms with van der Waals surface area (Å²) >= 11 is 0. The van der Waals surface area contributed by atoms with Crippen molar-refractivity contribution in [2.45, 2.75) is 18.9 Å². The van der Waals surface area contributed by atoms with Crippen LogP contribution in [0.2, 0.25) is 0 Å².